The van der Waals surface area contributed by atoms with E-state index in [1.54, 1.807) is 14.2 Å². The largest absolute Gasteiger partial charge is 0.383 e. The van der Waals surface area contributed by atoms with E-state index in [1.165, 1.54) is 0 Å². The summed E-state index contributed by atoms with van der Waals surface area (Å²) >= 11 is 0. The molecule has 2 N–H and O–H groups in total. The molecule has 86 valence electrons. The van der Waals surface area contributed by atoms with E-state index in [4.69, 9.17) is 19.7 Å². The smallest absolute Gasteiger partial charge is 0.258 e. The predicted octanol–water partition coefficient (Wildman–Crippen LogP) is 0.597. The van der Waals surface area contributed by atoms with Gasteiger partial charge in [-0.25, -0.2) is 0 Å². The summed E-state index contributed by atoms with van der Waals surface area (Å²) in [6.45, 7) is 4.03. The van der Waals surface area contributed by atoms with Gasteiger partial charge in [-0.05, 0) is 13.8 Å². The van der Waals surface area contributed by atoms with Crippen molar-refractivity contribution in [1.29, 1.82) is 0 Å². The summed E-state index contributed by atoms with van der Waals surface area (Å²) in [6, 6.07) is -0.375. The predicted molar refractivity (Wildman–Crippen MR) is 53.1 cm³/mol. The summed E-state index contributed by atoms with van der Waals surface area (Å²) in [5.74, 6) is 0.837. The van der Waals surface area contributed by atoms with Gasteiger partial charge in [0, 0.05) is 14.2 Å². The lowest BCUT2D eigenvalue weighted by Gasteiger charge is -2.16. The van der Waals surface area contributed by atoms with Crippen LogP contribution in [0.3, 0.4) is 0 Å². The van der Waals surface area contributed by atoms with Crippen LogP contribution in [-0.2, 0) is 15.1 Å². The fourth-order valence-electron chi connectivity index (χ4n) is 0.971. The number of rotatable bonds is 5. The summed E-state index contributed by atoms with van der Waals surface area (Å²) in [5, 5.41) is 3.78. The van der Waals surface area contributed by atoms with Crippen LogP contribution in [0.1, 0.15) is 31.6 Å². The van der Waals surface area contributed by atoms with E-state index >= 15 is 0 Å². The first-order chi connectivity index (χ1) is 7.01. The highest BCUT2D eigenvalue weighted by Crippen LogP contribution is 2.22. The monoisotopic (exact) mass is 215 g/mol. The van der Waals surface area contributed by atoms with Crippen molar-refractivity contribution in [2.45, 2.75) is 25.5 Å². The first kappa shape index (κ1) is 12.1. The molecule has 0 fully saturated rings. The molecule has 1 heterocycles. The summed E-state index contributed by atoms with van der Waals surface area (Å²) < 4.78 is 15.2. The van der Waals surface area contributed by atoms with Crippen LogP contribution >= 0.6 is 0 Å². The van der Waals surface area contributed by atoms with Crippen molar-refractivity contribution < 1.29 is 14.0 Å². The van der Waals surface area contributed by atoms with Crippen LogP contribution in [0.2, 0.25) is 0 Å². The minimum absolute atomic E-state index is 0.354. The van der Waals surface area contributed by atoms with E-state index < -0.39 is 5.60 Å². The van der Waals surface area contributed by atoms with Gasteiger partial charge in [-0.3, -0.25) is 0 Å². The molecule has 15 heavy (non-hydrogen) atoms. The third-order valence-corrected chi connectivity index (χ3v) is 2.14. The molecule has 1 aromatic rings. The van der Waals surface area contributed by atoms with E-state index in [0.717, 1.165) is 0 Å². The number of nitrogens with zero attached hydrogens (tertiary/aromatic N) is 2. The topological polar surface area (TPSA) is 83.4 Å². The van der Waals surface area contributed by atoms with Crippen LogP contribution in [0, 0.1) is 0 Å². The van der Waals surface area contributed by atoms with E-state index in [1.807, 2.05) is 13.8 Å². The van der Waals surface area contributed by atoms with Gasteiger partial charge in [0.05, 0.1) is 12.6 Å². The highest BCUT2D eigenvalue weighted by atomic mass is 16.5. The number of nitrogens with two attached hydrogens (primary N) is 1. The van der Waals surface area contributed by atoms with Crippen LogP contribution in [0.4, 0.5) is 0 Å². The molecule has 0 aliphatic rings. The fraction of sp³-hybridized carbons (Fsp3) is 0.778. The van der Waals surface area contributed by atoms with Crippen LogP contribution in [0.5, 0.6) is 0 Å². The molecule has 1 atom stereocenters. The van der Waals surface area contributed by atoms with Gasteiger partial charge < -0.3 is 19.7 Å². The Morgan fingerprint density at radius 2 is 2.13 bits per heavy atom. The molecule has 0 aliphatic heterocycles. The minimum Gasteiger partial charge on any atom is -0.383 e. The summed E-state index contributed by atoms with van der Waals surface area (Å²) in [6.07, 6.45) is 0. The molecule has 0 aliphatic carbocycles. The van der Waals surface area contributed by atoms with Crippen molar-refractivity contribution >= 4 is 0 Å². The second kappa shape index (κ2) is 4.69. The first-order valence-electron chi connectivity index (χ1n) is 4.65. The van der Waals surface area contributed by atoms with Crippen LogP contribution in [0.25, 0.3) is 0 Å². The van der Waals surface area contributed by atoms with Crippen molar-refractivity contribution in [1.82, 2.24) is 10.1 Å². The van der Waals surface area contributed by atoms with Crippen molar-refractivity contribution in [3.63, 3.8) is 0 Å². The van der Waals surface area contributed by atoms with Crippen molar-refractivity contribution in [2.75, 3.05) is 20.8 Å². The molecule has 0 aromatic carbocycles. The molecule has 1 unspecified atom stereocenters. The molecule has 0 spiro atoms. The van der Waals surface area contributed by atoms with E-state index in [-0.39, 0.29) is 6.04 Å². The maximum atomic E-state index is 5.75. The van der Waals surface area contributed by atoms with E-state index in [9.17, 15) is 0 Å². The normalized spacial score (nSPS) is 14.2. The van der Waals surface area contributed by atoms with Gasteiger partial charge in [0.15, 0.2) is 5.82 Å². The molecule has 6 nitrogen and oxygen atoms in total. The van der Waals surface area contributed by atoms with Gasteiger partial charge in [-0.1, -0.05) is 5.16 Å². The summed E-state index contributed by atoms with van der Waals surface area (Å²) in [4.78, 5) is 4.16. The number of hydrogen-bond acceptors (Lipinski definition) is 6. The third kappa shape index (κ3) is 2.74. The number of methoxy groups -OCH3 is 2. The first-order valence-corrected chi connectivity index (χ1v) is 4.65. The maximum absolute atomic E-state index is 5.75. The Labute approximate surface area is 88.7 Å². The molecule has 0 amide bonds. The average Bonchev–Trinajstić information content (AvgIpc) is 2.67. The Morgan fingerprint density at radius 1 is 1.47 bits per heavy atom. The second-order valence-corrected chi connectivity index (χ2v) is 3.73. The zero-order valence-electron chi connectivity index (χ0n) is 9.48. The SMILES string of the molecule is COCC(N)c1noc(C(C)(C)OC)n1. The Bertz CT molecular complexity index is 311. The average molecular weight is 215 g/mol. The van der Waals surface area contributed by atoms with Gasteiger partial charge in [0.2, 0.25) is 0 Å². The lowest BCUT2D eigenvalue weighted by molar-refractivity contribution is -0.00786. The van der Waals surface area contributed by atoms with Crippen molar-refractivity contribution in [3.8, 4) is 0 Å². The minimum atomic E-state index is -0.599. The number of ether oxygens (including phenoxy) is 2. The van der Waals surface area contributed by atoms with Gasteiger partial charge in [0.1, 0.15) is 5.60 Å². The van der Waals surface area contributed by atoms with Gasteiger partial charge in [-0.2, -0.15) is 4.98 Å². The molecule has 1 aromatic heterocycles. The van der Waals surface area contributed by atoms with Crippen molar-refractivity contribution in [3.05, 3.63) is 11.7 Å². The summed E-state index contributed by atoms with van der Waals surface area (Å²) in [5.41, 5.74) is 5.15. The molecular formula is C9H17N3O3. The zero-order valence-corrected chi connectivity index (χ0v) is 9.48. The molecule has 0 saturated carbocycles. The maximum Gasteiger partial charge on any atom is 0.258 e. The lowest BCUT2D eigenvalue weighted by Crippen LogP contribution is -2.21. The number of hydrogen-bond donors (Lipinski definition) is 1. The van der Waals surface area contributed by atoms with Gasteiger partial charge in [0.25, 0.3) is 5.89 Å². The second-order valence-electron chi connectivity index (χ2n) is 3.73. The van der Waals surface area contributed by atoms with Gasteiger partial charge >= 0.3 is 0 Å². The van der Waals surface area contributed by atoms with Crippen LogP contribution in [-0.4, -0.2) is 31.0 Å². The summed E-state index contributed by atoms with van der Waals surface area (Å²) in [7, 11) is 3.15. The van der Waals surface area contributed by atoms with E-state index in [2.05, 4.69) is 10.1 Å². The Hall–Kier alpha value is -0.980. The highest BCUT2D eigenvalue weighted by Gasteiger charge is 2.28. The molecule has 6 heteroatoms. The Morgan fingerprint density at radius 3 is 2.67 bits per heavy atom. The fourth-order valence-corrected chi connectivity index (χ4v) is 0.971. The third-order valence-electron chi connectivity index (χ3n) is 2.14. The highest BCUT2D eigenvalue weighted by molar-refractivity contribution is 4.98. The molecular weight excluding hydrogens is 198 g/mol. The quantitative estimate of drug-likeness (QED) is 0.774. The van der Waals surface area contributed by atoms with Gasteiger partial charge in [-0.15, -0.1) is 0 Å². The lowest BCUT2D eigenvalue weighted by atomic mass is 10.1. The van der Waals surface area contributed by atoms with Crippen molar-refractivity contribution in [2.24, 2.45) is 5.73 Å². The van der Waals surface area contributed by atoms with Crippen LogP contribution < -0.4 is 5.73 Å². The molecule has 1 rings (SSSR count). The Kier molecular flexibility index (Phi) is 3.78. The standard InChI is InChI=1S/C9H17N3O3/c1-9(2,14-4)8-11-7(12-15-8)6(10)5-13-3/h6H,5,10H2,1-4H3. The molecule has 0 radical (unpaired) electrons. The Balaban J connectivity index is 2.80. The van der Waals surface area contributed by atoms with E-state index in [0.29, 0.717) is 18.3 Å². The molecule has 0 saturated heterocycles. The zero-order chi connectivity index (χ0) is 11.5. The number of aromatic nitrogens is 2. The van der Waals surface area contributed by atoms with Crippen LogP contribution in [0.15, 0.2) is 4.52 Å². The molecule has 0 bridgehead atoms.